The second-order valence-corrected chi connectivity index (χ2v) is 10.8. The van der Waals surface area contributed by atoms with Gasteiger partial charge in [-0.1, -0.05) is 0 Å². The molecule has 0 radical (unpaired) electrons. The molecule has 17 heteroatoms. The first-order valence-corrected chi connectivity index (χ1v) is 13.9. The number of fused-ring (bicyclic) bond motifs is 1. The number of benzene rings is 2. The lowest BCUT2D eigenvalue weighted by Gasteiger charge is -2.42. The molecule has 10 atom stereocenters. The van der Waals surface area contributed by atoms with Crippen LogP contribution in [0.5, 0.6) is 34.5 Å². The van der Waals surface area contributed by atoms with Crippen LogP contribution in [0.2, 0.25) is 0 Å². The Morgan fingerprint density at radius 3 is 2.00 bits per heavy atom. The number of hydrogen-bond acceptors (Lipinski definition) is 17. The summed E-state index contributed by atoms with van der Waals surface area (Å²) in [7, 11) is 2.51. The summed E-state index contributed by atoms with van der Waals surface area (Å²) in [6.07, 6.45) is -16.2. The van der Waals surface area contributed by atoms with Gasteiger partial charge in [-0.3, -0.25) is 4.79 Å². The minimum absolute atomic E-state index is 0.0111. The highest BCUT2D eigenvalue weighted by atomic mass is 16.7. The molecule has 252 valence electrons. The van der Waals surface area contributed by atoms with Gasteiger partial charge in [-0.25, -0.2) is 0 Å². The summed E-state index contributed by atoms with van der Waals surface area (Å²) in [6, 6.07) is 4.42. The van der Waals surface area contributed by atoms with Gasteiger partial charge in [0.05, 0.1) is 32.3 Å². The van der Waals surface area contributed by atoms with Crippen LogP contribution in [-0.2, 0) is 14.2 Å². The van der Waals surface area contributed by atoms with Gasteiger partial charge in [0.15, 0.2) is 34.9 Å². The van der Waals surface area contributed by atoms with Crippen LogP contribution in [0.25, 0.3) is 22.3 Å². The number of aliphatic hydroxyl groups is 6. The molecule has 0 bridgehead atoms. The highest BCUT2D eigenvalue weighted by molar-refractivity contribution is 5.88. The molecule has 2 aromatic carbocycles. The van der Waals surface area contributed by atoms with E-state index < -0.39 is 90.7 Å². The van der Waals surface area contributed by atoms with Crippen molar-refractivity contribution in [2.75, 3.05) is 20.8 Å². The van der Waals surface area contributed by atoms with Gasteiger partial charge in [-0.15, -0.1) is 0 Å². The Bertz CT molecular complexity index is 1600. The standard InChI is InChI=1S/C29H34O17/c1-9-17(32)21(36)23(38)28(43-9)42-8-16-20(35)22(37)24(39)29(44-16)46-27-18(33)12-6-11(30)7-13(31)26(12)45-25(27)10-4-14(40-2)19(34)15(5-10)41-3/h4-7,9,16-17,20-24,28-32,34-39H,8H2,1-3H3/t9-,16+,17-,20+,21+,22-,23+,24+,28+,29-/m1/s1. The number of rotatable bonds is 8. The Balaban J connectivity index is 1.52. The van der Waals surface area contributed by atoms with Crippen molar-refractivity contribution in [3.63, 3.8) is 0 Å². The Morgan fingerprint density at radius 1 is 0.761 bits per heavy atom. The number of aliphatic hydroxyl groups excluding tert-OH is 6. The monoisotopic (exact) mass is 654 g/mol. The summed E-state index contributed by atoms with van der Waals surface area (Å²) >= 11 is 0. The van der Waals surface area contributed by atoms with Gasteiger partial charge < -0.3 is 78.8 Å². The minimum atomic E-state index is -1.97. The van der Waals surface area contributed by atoms with Crippen molar-refractivity contribution in [3.05, 3.63) is 34.5 Å². The van der Waals surface area contributed by atoms with Gasteiger partial charge in [-0.05, 0) is 25.1 Å². The fraction of sp³-hybridized carbons (Fsp3) is 0.483. The zero-order valence-corrected chi connectivity index (χ0v) is 24.6. The molecule has 0 spiro atoms. The van der Waals surface area contributed by atoms with Crippen LogP contribution in [0.15, 0.2) is 33.5 Å². The molecule has 2 aliphatic heterocycles. The van der Waals surface area contributed by atoms with Crippen LogP contribution >= 0.6 is 0 Å². The maximum Gasteiger partial charge on any atom is 0.235 e. The summed E-state index contributed by atoms with van der Waals surface area (Å²) in [5.41, 5.74) is -1.33. The lowest BCUT2D eigenvalue weighted by molar-refractivity contribution is -0.318. The number of ether oxygens (including phenoxy) is 6. The van der Waals surface area contributed by atoms with E-state index in [2.05, 4.69) is 0 Å². The first-order valence-electron chi connectivity index (χ1n) is 13.9. The maximum absolute atomic E-state index is 13.8. The summed E-state index contributed by atoms with van der Waals surface area (Å²) in [6.45, 7) is 0.826. The average molecular weight is 655 g/mol. The molecule has 5 rings (SSSR count). The summed E-state index contributed by atoms with van der Waals surface area (Å²) in [4.78, 5) is 13.8. The van der Waals surface area contributed by atoms with Crippen molar-refractivity contribution in [1.29, 1.82) is 0 Å². The van der Waals surface area contributed by atoms with Crippen molar-refractivity contribution in [3.8, 4) is 45.8 Å². The lowest BCUT2D eigenvalue weighted by Crippen LogP contribution is -2.61. The molecule has 3 aromatic rings. The van der Waals surface area contributed by atoms with E-state index in [1.807, 2.05) is 0 Å². The van der Waals surface area contributed by atoms with Crippen LogP contribution in [0.3, 0.4) is 0 Å². The normalized spacial score (nSPS) is 31.5. The van der Waals surface area contributed by atoms with E-state index in [-0.39, 0.29) is 39.5 Å². The summed E-state index contributed by atoms with van der Waals surface area (Å²) < 4.78 is 38.6. The molecular weight excluding hydrogens is 620 g/mol. The molecule has 0 aliphatic carbocycles. The van der Waals surface area contributed by atoms with Crippen LogP contribution in [0.4, 0.5) is 0 Å². The van der Waals surface area contributed by atoms with E-state index >= 15 is 0 Å². The fourth-order valence-electron chi connectivity index (χ4n) is 5.18. The van der Waals surface area contributed by atoms with Crippen molar-refractivity contribution in [2.45, 2.75) is 68.3 Å². The smallest absolute Gasteiger partial charge is 0.235 e. The molecular formula is C29H34O17. The zero-order chi connectivity index (χ0) is 33.6. The molecule has 0 saturated carbocycles. The number of aromatic hydroxyl groups is 3. The third-order valence-corrected chi connectivity index (χ3v) is 7.79. The SMILES string of the molecule is COc1cc(-c2oc3c(O)cc(O)cc3c(=O)c2O[C@H]2O[C@@H](CO[C@H]3O[C@H](C)[C@@H](O)[C@H](O)[C@@H]3O)[C@H](O)[C@@H](O)[C@@H]2O)cc(OC)c1O. The number of phenolic OH excluding ortho intramolecular Hbond substituents is 3. The quantitative estimate of drug-likeness (QED) is 0.135. The summed E-state index contributed by atoms with van der Waals surface area (Å²) in [5, 5.41) is 92.8. The maximum atomic E-state index is 13.8. The summed E-state index contributed by atoms with van der Waals surface area (Å²) in [5.74, 6) is -2.75. The Hall–Kier alpha value is -3.91. The molecule has 3 heterocycles. The molecule has 2 saturated heterocycles. The van der Waals surface area contributed by atoms with Crippen molar-refractivity contribution >= 4 is 11.0 Å². The van der Waals surface area contributed by atoms with E-state index in [0.717, 1.165) is 12.1 Å². The Morgan fingerprint density at radius 2 is 1.37 bits per heavy atom. The van der Waals surface area contributed by atoms with Crippen LogP contribution in [-0.4, -0.2) is 128 Å². The number of hydrogen-bond donors (Lipinski definition) is 9. The molecule has 0 unspecified atom stereocenters. The molecule has 9 N–H and O–H groups in total. The zero-order valence-electron chi connectivity index (χ0n) is 24.6. The third-order valence-electron chi connectivity index (χ3n) is 7.79. The van der Waals surface area contributed by atoms with E-state index in [9.17, 15) is 50.8 Å². The van der Waals surface area contributed by atoms with E-state index in [4.69, 9.17) is 32.8 Å². The van der Waals surface area contributed by atoms with Gasteiger partial charge in [-0.2, -0.15) is 0 Å². The van der Waals surface area contributed by atoms with E-state index in [1.165, 1.54) is 33.3 Å². The Labute approximate surface area is 259 Å². The van der Waals surface area contributed by atoms with Crippen molar-refractivity contribution in [2.24, 2.45) is 0 Å². The molecule has 2 fully saturated rings. The van der Waals surface area contributed by atoms with Crippen LogP contribution < -0.4 is 19.6 Å². The Kier molecular flexibility index (Phi) is 9.50. The molecule has 2 aliphatic rings. The van der Waals surface area contributed by atoms with Gasteiger partial charge in [0.2, 0.25) is 23.2 Å². The molecule has 0 amide bonds. The highest BCUT2D eigenvalue weighted by Gasteiger charge is 2.48. The van der Waals surface area contributed by atoms with Crippen molar-refractivity contribution in [1.82, 2.24) is 0 Å². The minimum Gasteiger partial charge on any atom is -0.508 e. The topological polar surface area (TPSA) is 268 Å². The second kappa shape index (κ2) is 13.1. The van der Waals surface area contributed by atoms with Crippen LogP contribution in [0, 0.1) is 0 Å². The second-order valence-electron chi connectivity index (χ2n) is 10.8. The van der Waals surface area contributed by atoms with Gasteiger partial charge in [0.25, 0.3) is 0 Å². The number of phenols is 3. The van der Waals surface area contributed by atoms with Crippen molar-refractivity contribution < 1.29 is 78.8 Å². The van der Waals surface area contributed by atoms with Gasteiger partial charge >= 0.3 is 0 Å². The first kappa shape index (κ1) is 33.5. The van der Waals surface area contributed by atoms with E-state index in [0.29, 0.717) is 0 Å². The average Bonchev–Trinajstić information content (AvgIpc) is 3.03. The van der Waals surface area contributed by atoms with Gasteiger partial charge in [0, 0.05) is 11.6 Å². The molecule has 1 aromatic heterocycles. The van der Waals surface area contributed by atoms with Gasteiger partial charge in [0.1, 0.15) is 48.5 Å². The first-order chi connectivity index (χ1) is 21.8. The molecule has 46 heavy (non-hydrogen) atoms. The fourth-order valence-corrected chi connectivity index (χ4v) is 5.18. The van der Waals surface area contributed by atoms with Crippen LogP contribution in [0.1, 0.15) is 6.92 Å². The largest absolute Gasteiger partial charge is 0.508 e. The third kappa shape index (κ3) is 5.99. The predicted octanol–water partition coefficient (Wildman–Crippen LogP) is -1.38. The lowest BCUT2D eigenvalue weighted by atomic mass is 9.98. The highest BCUT2D eigenvalue weighted by Crippen LogP contribution is 2.44. The predicted molar refractivity (Wildman–Crippen MR) is 152 cm³/mol. The van der Waals surface area contributed by atoms with E-state index in [1.54, 1.807) is 0 Å². The number of methoxy groups -OCH3 is 2. The molecule has 17 nitrogen and oxygen atoms in total.